The van der Waals surface area contributed by atoms with Crippen LogP contribution in [0.1, 0.15) is 38.9 Å². The highest BCUT2D eigenvalue weighted by Crippen LogP contribution is 2.41. The molecule has 0 amide bonds. The highest BCUT2D eigenvalue weighted by molar-refractivity contribution is 6.31. The van der Waals surface area contributed by atoms with E-state index >= 15 is 0 Å². The average molecular weight is 241 g/mol. The number of halogens is 1. The molecule has 0 bridgehead atoms. The molecule has 0 saturated carbocycles. The van der Waals surface area contributed by atoms with Gasteiger partial charge in [0.15, 0.2) is 5.79 Å². The molecule has 1 saturated heterocycles. The Bertz CT molecular complexity index is 376. The minimum atomic E-state index is -0.523. The van der Waals surface area contributed by atoms with Crippen LogP contribution in [-0.4, -0.2) is 11.9 Å². The van der Waals surface area contributed by atoms with E-state index in [9.17, 15) is 0 Å². The minimum Gasteiger partial charge on any atom is -0.344 e. The number of ether oxygens (including phenoxy) is 2. The van der Waals surface area contributed by atoms with Crippen molar-refractivity contribution in [1.29, 1.82) is 0 Å². The number of hydrogen-bond donors (Lipinski definition) is 0. The van der Waals surface area contributed by atoms with E-state index in [1.807, 2.05) is 38.1 Å². The highest BCUT2D eigenvalue weighted by atomic mass is 35.5. The van der Waals surface area contributed by atoms with E-state index in [0.29, 0.717) is 0 Å². The Kier molecular flexibility index (Phi) is 3.24. The topological polar surface area (TPSA) is 18.5 Å². The van der Waals surface area contributed by atoms with Crippen molar-refractivity contribution in [1.82, 2.24) is 0 Å². The van der Waals surface area contributed by atoms with Crippen LogP contribution in [0, 0.1) is 0 Å². The van der Waals surface area contributed by atoms with Gasteiger partial charge in [-0.25, -0.2) is 0 Å². The molecule has 1 heterocycles. The van der Waals surface area contributed by atoms with Crippen LogP contribution >= 0.6 is 11.6 Å². The molecule has 88 valence electrons. The summed E-state index contributed by atoms with van der Waals surface area (Å²) in [5.74, 6) is -0.523. The third-order valence-corrected chi connectivity index (χ3v) is 3.14. The second kappa shape index (κ2) is 4.36. The Morgan fingerprint density at radius 3 is 2.56 bits per heavy atom. The molecule has 2 unspecified atom stereocenters. The van der Waals surface area contributed by atoms with Crippen molar-refractivity contribution >= 4 is 11.6 Å². The first-order valence-corrected chi connectivity index (χ1v) is 6.01. The van der Waals surface area contributed by atoms with Gasteiger partial charge in [-0.3, -0.25) is 0 Å². The molecule has 1 aliphatic heterocycles. The molecule has 0 radical (unpaired) electrons. The molecular weight excluding hydrogens is 224 g/mol. The van der Waals surface area contributed by atoms with Gasteiger partial charge in [-0.1, -0.05) is 36.7 Å². The lowest BCUT2D eigenvalue weighted by atomic mass is 10.0. The van der Waals surface area contributed by atoms with Gasteiger partial charge in [-0.05, 0) is 26.3 Å². The first kappa shape index (κ1) is 11.9. The Hall–Kier alpha value is -0.570. The van der Waals surface area contributed by atoms with E-state index in [1.165, 1.54) is 0 Å². The average Bonchev–Trinajstić information content (AvgIpc) is 2.54. The zero-order valence-electron chi connectivity index (χ0n) is 9.87. The monoisotopic (exact) mass is 240 g/mol. The molecule has 16 heavy (non-hydrogen) atoms. The molecule has 0 N–H and O–H groups in total. The van der Waals surface area contributed by atoms with E-state index in [2.05, 4.69) is 6.92 Å². The lowest BCUT2D eigenvalue weighted by molar-refractivity contribution is -0.147. The predicted molar refractivity (Wildman–Crippen MR) is 64.5 cm³/mol. The number of benzene rings is 1. The van der Waals surface area contributed by atoms with Gasteiger partial charge < -0.3 is 9.47 Å². The number of rotatable bonds is 2. The molecule has 0 aliphatic carbocycles. The van der Waals surface area contributed by atoms with Gasteiger partial charge in [0.05, 0.1) is 6.10 Å². The fraction of sp³-hybridized carbons (Fsp3) is 0.538. The van der Waals surface area contributed by atoms with Crippen molar-refractivity contribution < 1.29 is 9.47 Å². The lowest BCUT2D eigenvalue weighted by Gasteiger charge is -2.17. The molecule has 1 aromatic rings. The summed E-state index contributed by atoms with van der Waals surface area (Å²) in [6.07, 6.45) is 0.933. The van der Waals surface area contributed by atoms with Crippen molar-refractivity contribution in [3.63, 3.8) is 0 Å². The summed E-state index contributed by atoms with van der Waals surface area (Å²) in [5.41, 5.74) is 1.02. The first-order valence-electron chi connectivity index (χ1n) is 5.63. The fourth-order valence-corrected chi connectivity index (χ4v) is 2.35. The standard InChI is InChI=1S/C13H17ClO2/c1-4-11-12(16-13(2,3)15-11)9-7-5-6-8-10(9)14/h5-8,11-12H,4H2,1-3H3. The summed E-state index contributed by atoms with van der Waals surface area (Å²) >= 11 is 6.18. The maximum atomic E-state index is 6.18. The predicted octanol–water partition coefficient (Wildman–Crippen LogP) is 3.94. The van der Waals surface area contributed by atoms with Gasteiger partial charge in [0.1, 0.15) is 6.10 Å². The quantitative estimate of drug-likeness (QED) is 0.780. The highest BCUT2D eigenvalue weighted by Gasteiger charge is 2.41. The molecule has 2 nitrogen and oxygen atoms in total. The fourth-order valence-electron chi connectivity index (χ4n) is 2.10. The Labute approximate surface area is 102 Å². The maximum absolute atomic E-state index is 6.18. The Morgan fingerprint density at radius 1 is 1.25 bits per heavy atom. The normalized spacial score (nSPS) is 28.2. The van der Waals surface area contributed by atoms with Crippen molar-refractivity contribution in [2.45, 2.75) is 45.2 Å². The third-order valence-electron chi connectivity index (χ3n) is 2.80. The molecule has 2 rings (SSSR count). The van der Waals surface area contributed by atoms with Crippen molar-refractivity contribution in [2.75, 3.05) is 0 Å². The van der Waals surface area contributed by atoms with Crippen LogP contribution in [0.2, 0.25) is 5.02 Å². The van der Waals surface area contributed by atoms with Crippen LogP contribution in [-0.2, 0) is 9.47 Å². The number of hydrogen-bond acceptors (Lipinski definition) is 2. The second-order valence-electron chi connectivity index (χ2n) is 4.52. The Balaban J connectivity index is 2.30. The summed E-state index contributed by atoms with van der Waals surface area (Å²) in [7, 11) is 0. The van der Waals surface area contributed by atoms with E-state index in [0.717, 1.165) is 17.0 Å². The van der Waals surface area contributed by atoms with Gasteiger partial charge in [0.25, 0.3) is 0 Å². The summed E-state index contributed by atoms with van der Waals surface area (Å²) in [6, 6.07) is 7.79. The van der Waals surface area contributed by atoms with Gasteiger partial charge in [-0.2, -0.15) is 0 Å². The van der Waals surface area contributed by atoms with Crippen molar-refractivity contribution in [3.05, 3.63) is 34.9 Å². The molecule has 1 aliphatic rings. The second-order valence-corrected chi connectivity index (χ2v) is 4.93. The largest absolute Gasteiger partial charge is 0.344 e. The zero-order valence-corrected chi connectivity index (χ0v) is 10.6. The van der Waals surface area contributed by atoms with Crippen LogP contribution in [0.3, 0.4) is 0 Å². The van der Waals surface area contributed by atoms with Crippen LogP contribution in [0.25, 0.3) is 0 Å². The molecule has 1 aromatic carbocycles. The smallest absolute Gasteiger partial charge is 0.164 e. The van der Waals surface area contributed by atoms with Crippen molar-refractivity contribution in [3.8, 4) is 0 Å². The minimum absolute atomic E-state index is 0.0614. The molecular formula is C13H17ClO2. The Morgan fingerprint density at radius 2 is 1.94 bits per heavy atom. The molecule has 3 heteroatoms. The molecule has 0 aromatic heterocycles. The lowest BCUT2D eigenvalue weighted by Crippen LogP contribution is -2.21. The summed E-state index contributed by atoms with van der Waals surface area (Å²) < 4.78 is 11.8. The van der Waals surface area contributed by atoms with E-state index < -0.39 is 5.79 Å². The molecule has 0 spiro atoms. The van der Waals surface area contributed by atoms with Crippen molar-refractivity contribution in [2.24, 2.45) is 0 Å². The molecule has 2 atom stereocenters. The van der Waals surface area contributed by atoms with Crippen LogP contribution in [0.15, 0.2) is 24.3 Å². The van der Waals surface area contributed by atoms with Gasteiger partial charge in [-0.15, -0.1) is 0 Å². The van der Waals surface area contributed by atoms with E-state index in [4.69, 9.17) is 21.1 Å². The van der Waals surface area contributed by atoms with E-state index in [-0.39, 0.29) is 12.2 Å². The first-order chi connectivity index (χ1) is 7.53. The van der Waals surface area contributed by atoms with E-state index in [1.54, 1.807) is 0 Å². The van der Waals surface area contributed by atoms with Crippen LogP contribution < -0.4 is 0 Å². The maximum Gasteiger partial charge on any atom is 0.164 e. The third kappa shape index (κ3) is 2.24. The summed E-state index contributed by atoms with van der Waals surface area (Å²) in [6.45, 7) is 5.97. The summed E-state index contributed by atoms with van der Waals surface area (Å²) in [5, 5.41) is 0.743. The van der Waals surface area contributed by atoms with Gasteiger partial charge in [0, 0.05) is 10.6 Å². The van der Waals surface area contributed by atoms with Gasteiger partial charge >= 0.3 is 0 Å². The SMILES string of the molecule is CCC1OC(C)(C)OC1c1ccccc1Cl. The van der Waals surface area contributed by atoms with Crippen LogP contribution in [0.4, 0.5) is 0 Å². The zero-order chi connectivity index (χ0) is 11.8. The van der Waals surface area contributed by atoms with Gasteiger partial charge in [0.2, 0.25) is 0 Å². The summed E-state index contributed by atoms with van der Waals surface area (Å²) in [4.78, 5) is 0. The molecule has 1 fully saturated rings. The van der Waals surface area contributed by atoms with Crippen LogP contribution in [0.5, 0.6) is 0 Å².